The third-order valence-corrected chi connectivity index (χ3v) is 8.31. The van der Waals surface area contributed by atoms with Crippen LogP contribution in [0.2, 0.25) is 0 Å². The predicted molar refractivity (Wildman–Crippen MR) is 115 cm³/mol. The molecule has 0 aliphatic carbocycles. The normalized spacial score (nSPS) is 13.1. The smallest absolute Gasteiger partial charge is 0.315 e. The second-order valence-corrected chi connectivity index (χ2v) is 9.77. The summed E-state index contributed by atoms with van der Waals surface area (Å²) in [4.78, 5) is 12.3. The van der Waals surface area contributed by atoms with E-state index in [9.17, 15) is 19.7 Å². The Labute approximate surface area is 169 Å². The Hall–Kier alpha value is -3.17. The number of hydrogen-bond donors (Lipinski definition) is 2. The van der Waals surface area contributed by atoms with Crippen molar-refractivity contribution < 1.29 is 19.7 Å². The van der Waals surface area contributed by atoms with Crippen LogP contribution < -0.4 is 10.6 Å². The number of carboxylic acids is 1. The molecule has 0 amide bonds. The van der Waals surface area contributed by atoms with Gasteiger partial charge in [0.05, 0.1) is 5.71 Å². The number of aliphatic carboxylic acids is 1. The molecule has 0 aliphatic rings. The Morgan fingerprint density at radius 2 is 1.38 bits per heavy atom. The number of benzene rings is 3. The van der Waals surface area contributed by atoms with Gasteiger partial charge < -0.3 is 14.9 Å². The fourth-order valence-electron chi connectivity index (χ4n) is 3.32. The maximum Gasteiger partial charge on any atom is 0.315 e. The molecule has 29 heavy (non-hydrogen) atoms. The van der Waals surface area contributed by atoms with Crippen LogP contribution in [-0.4, -0.2) is 27.7 Å². The summed E-state index contributed by atoms with van der Waals surface area (Å²) in [7, 11) is -3.58. The number of hydrogen-bond acceptors (Lipinski definition) is 4. The molecule has 6 heteroatoms. The second kappa shape index (κ2) is 8.89. The summed E-state index contributed by atoms with van der Waals surface area (Å²) >= 11 is 0. The molecule has 2 N–H and O–H groups in total. The number of aryl methyl sites for hydroxylation is 1. The zero-order chi connectivity index (χ0) is 20.9. The van der Waals surface area contributed by atoms with E-state index in [1.165, 1.54) is 0 Å². The fourth-order valence-corrected chi connectivity index (χ4v) is 6.31. The van der Waals surface area contributed by atoms with E-state index >= 15 is 0 Å². The van der Waals surface area contributed by atoms with Crippen LogP contribution in [0, 0.1) is 6.92 Å². The van der Waals surface area contributed by atoms with Crippen molar-refractivity contribution in [2.75, 3.05) is 0 Å². The summed E-state index contributed by atoms with van der Waals surface area (Å²) in [5.74, 6) is -1.20. The minimum atomic E-state index is -3.58. The van der Waals surface area contributed by atoms with Crippen LogP contribution in [-0.2, 0) is 9.36 Å². The molecule has 0 saturated carbocycles. The van der Waals surface area contributed by atoms with Crippen LogP contribution in [0.1, 0.15) is 17.5 Å². The van der Waals surface area contributed by atoms with Crippen molar-refractivity contribution in [2.45, 2.75) is 19.0 Å². The van der Waals surface area contributed by atoms with E-state index in [1.54, 1.807) is 72.8 Å². The highest BCUT2D eigenvalue weighted by atomic mass is 31.2. The van der Waals surface area contributed by atoms with Crippen molar-refractivity contribution in [3.8, 4) is 0 Å². The molecular formula is C23H22NO4P. The van der Waals surface area contributed by atoms with Gasteiger partial charge in [0.25, 0.3) is 0 Å². The molecule has 148 valence electrons. The number of oxime groups is 1. The first-order valence-corrected chi connectivity index (χ1v) is 11.0. The van der Waals surface area contributed by atoms with Crippen molar-refractivity contribution in [1.82, 2.24) is 0 Å². The van der Waals surface area contributed by atoms with E-state index in [1.807, 2.05) is 19.1 Å². The average Bonchev–Trinajstić information content (AvgIpc) is 2.76. The molecule has 0 aliphatic heterocycles. The number of carbonyl (C=O) groups is 1. The molecule has 3 rings (SSSR count). The van der Waals surface area contributed by atoms with Crippen molar-refractivity contribution >= 4 is 29.4 Å². The van der Waals surface area contributed by atoms with E-state index in [4.69, 9.17) is 0 Å². The summed E-state index contributed by atoms with van der Waals surface area (Å²) < 4.78 is 14.4. The van der Waals surface area contributed by atoms with Crippen LogP contribution in [0.5, 0.6) is 0 Å². The number of rotatable bonds is 7. The van der Waals surface area contributed by atoms with Gasteiger partial charge in [-0.3, -0.25) is 4.79 Å². The topological polar surface area (TPSA) is 87.0 Å². The minimum absolute atomic E-state index is 0.171. The van der Waals surface area contributed by atoms with Gasteiger partial charge in [-0.25, -0.2) is 0 Å². The van der Waals surface area contributed by atoms with Crippen molar-refractivity contribution in [2.24, 2.45) is 5.16 Å². The molecule has 0 bridgehead atoms. The lowest BCUT2D eigenvalue weighted by Crippen LogP contribution is -2.33. The highest BCUT2D eigenvalue weighted by molar-refractivity contribution is 7.80. The monoisotopic (exact) mass is 407 g/mol. The highest BCUT2D eigenvalue weighted by Gasteiger charge is 2.42. The van der Waals surface area contributed by atoms with Crippen molar-refractivity contribution in [3.63, 3.8) is 0 Å². The predicted octanol–water partition coefficient (Wildman–Crippen LogP) is 4.03. The second-order valence-electron chi connectivity index (χ2n) is 6.80. The summed E-state index contributed by atoms with van der Waals surface area (Å²) in [5, 5.41) is 23.9. The Bertz CT molecular complexity index is 1000. The Kier molecular flexibility index (Phi) is 6.30. The first-order valence-electron chi connectivity index (χ1n) is 9.18. The molecule has 0 aromatic heterocycles. The van der Waals surface area contributed by atoms with Crippen LogP contribution in [0.15, 0.2) is 90.1 Å². The van der Waals surface area contributed by atoms with Gasteiger partial charge in [0.2, 0.25) is 0 Å². The van der Waals surface area contributed by atoms with Gasteiger partial charge in [-0.2, -0.15) is 0 Å². The molecule has 5 nitrogen and oxygen atoms in total. The quantitative estimate of drug-likeness (QED) is 0.268. The van der Waals surface area contributed by atoms with Crippen LogP contribution in [0.25, 0.3) is 0 Å². The Morgan fingerprint density at radius 1 is 0.897 bits per heavy atom. The average molecular weight is 407 g/mol. The Morgan fingerprint density at radius 3 is 1.79 bits per heavy atom. The number of nitrogens with zero attached hydrogens (tertiary/aromatic N) is 1. The van der Waals surface area contributed by atoms with Crippen molar-refractivity contribution in [1.29, 1.82) is 0 Å². The number of carboxylic acid groups (broad SMARTS) is 1. The van der Waals surface area contributed by atoms with E-state index < -0.39 is 18.8 Å². The molecule has 0 saturated heterocycles. The molecule has 0 fully saturated rings. The first kappa shape index (κ1) is 20.6. The summed E-state index contributed by atoms with van der Waals surface area (Å²) in [5.41, 5.74) is 0.529. The lowest BCUT2D eigenvalue weighted by molar-refractivity contribution is -0.136. The zero-order valence-corrected chi connectivity index (χ0v) is 16.9. The van der Waals surface area contributed by atoms with Gasteiger partial charge in [0.1, 0.15) is 5.66 Å². The zero-order valence-electron chi connectivity index (χ0n) is 16.0. The minimum Gasteiger partial charge on any atom is -0.481 e. The molecule has 0 spiro atoms. The van der Waals surface area contributed by atoms with E-state index in [2.05, 4.69) is 5.16 Å². The fraction of sp³-hybridized carbons (Fsp3) is 0.130. The molecule has 0 heterocycles. The first-order chi connectivity index (χ1) is 14.0. The maximum atomic E-state index is 14.4. The lowest BCUT2D eigenvalue weighted by Gasteiger charge is -2.26. The van der Waals surface area contributed by atoms with Gasteiger partial charge in [0.15, 0.2) is 7.14 Å². The van der Waals surface area contributed by atoms with E-state index in [0.717, 1.165) is 5.56 Å². The molecule has 3 aromatic carbocycles. The highest BCUT2D eigenvalue weighted by Crippen LogP contribution is 2.50. The summed E-state index contributed by atoms with van der Waals surface area (Å²) in [6, 6.07) is 24.5. The van der Waals surface area contributed by atoms with Crippen LogP contribution in [0.4, 0.5) is 0 Å². The van der Waals surface area contributed by atoms with Gasteiger partial charge >= 0.3 is 5.97 Å². The summed E-state index contributed by atoms with van der Waals surface area (Å²) in [6.45, 7) is 1.93. The summed E-state index contributed by atoms with van der Waals surface area (Å²) in [6.07, 6.45) is -0.171. The standard InChI is InChI=1S/C23H22NO4P/c1-17-12-14-18(15-13-17)21(24-27)16-22(23(25)26)29(28,19-8-4-2-5-9-19)20-10-6-3-7-11-20/h2-15,22,27H,16H2,1H3,(H,25,26)/b24-21-. The van der Waals surface area contributed by atoms with Gasteiger partial charge in [-0.1, -0.05) is 95.6 Å². The molecule has 1 unspecified atom stereocenters. The molecule has 1 atom stereocenters. The van der Waals surface area contributed by atoms with E-state index in [0.29, 0.717) is 16.2 Å². The maximum absolute atomic E-state index is 14.4. The lowest BCUT2D eigenvalue weighted by atomic mass is 10.0. The molecule has 3 aromatic rings. The van der Waals surface area contributed by atoms with Crippen LogP contribution >= 0.6 is 7.14 Å². The SMILES string of the molecule is Cc1ccc(/C(CC(C(=O)O)P(=O)(c2ccccc2)c2ccccc2)=N\O)cc1. The molecular weight excluding hydrogens is 385 g/mol. The van der Waals surface area contributed by atoms with Crippen molar-refractivity contribution in [3.05, 3.63) is 96.1 Å². The third-order valence-electron chi connectivity index (χ3n) is 4.90. The van der Waals surface area contributed by atoms with Gasteiger partial charge in [0, 0.05) is 17.0 Å². The largest absolute Gasteiger partial charge is 0.481 e. The third kappa shape index (κ3) is 4.30. The van der Waals surface area contributed by atoms with Gasteiger partial charge in [-0.05, 0) is 12.5 Å². The van der Waals surface area contributed by atoms with Crippen LogP contribution in [0.3, 0.4) is 0 Å². The van der Waals surface area contributed by atoms with Gasteiger partial charge in [-0.15, -0.1) is 0 Å². The Balaban J connectivity index is 2.12. The van der Waals surface area contributed by atoms with E-state index in [-0.39, 0.29) is 12.1 Å². The molecule has 0 radical (unpaired) electrons.